The molecule has 1 aromatic heterocycles. The molecule has 110 valence electrons. The highest BCUT2D eigenvalue weighted by Crippen LogP contribution is 2.43. The maximum Gasteiger partial charge on any atom is 0.262 e. The lowest BCUT2D eigenvalue weighted by Crippen LogP contribution is -2.39. The second kappa shape index (κ2) is 5.00. The third kappa shape index (κ3) is 2.23. The Morgan fingerprint density at radius 3 is 2.67 bits per heavy atom. The second-order valence-corrected chi connectivity index (χ2v) is 5.53. The predicted octanol–water partition coefficient (Wildman–Crippen LogP) is 2.48. The van der Waals surface area contributed by atoms with E-state index in [1.807, 2.05) is 25.1 Å². The Morgan fingerprint density at radius 1 is 1.38 bits per heavy atom. The topological polar surface area (TPSA) is 75.2 Å². The minimum Gasteiger partial charge on any atom is -0.493 e. The van der Waals surface area contributed by atoms with Crippen molar-refractivity contribution in [2.45, 2.75) is 31.8 Å². The normalized spacial score (nSPS) is 16.5. The lowest BCUT2D eigenvalue weighted by atomic mass is 9.79. The highest BCUT2D eigenvalue weighted by Gasteiger charge is 2.42. The van der Waals surface area contributed by atoms with Gasteiger partial charge in [0.05, 0.1) is 0 Å². The first kappa shape index (κ1) is 13.8. The Morgan fingerprint density at radius 2 is 2.14 bits per heavy atom. The zero-order valence-electron chi connectivity index (χ0n) is 12.1. The van der Waals surface area contributed by atoms with Gasteiger partial charge in [0.15, 0.2) is 0 Å². The van der Waals surface area contributed by atoms with E-state index in [0.717, 1.165) is 24.8 Å². The number of aryl methyl sites for hydroxylation is 1. The van der Waals surface area contributed by atoms with E-state index in [2.05, 4.69) is 9.97 Å². The van der Waals surface area contributed by atoms with Crippen molar-refractivity contribution in [2.24, 2.45) is 0 Å². The van der Waals surface area contributed by atoms with Gasteiger partial charge in [0.1, 0.15) is 17.0 Å². The smallest absolute Gasteiger partial charge is 0.262 e. The van der Waals surface area contributed by atoms with E-state index in [1.54, 1.807) is 13.2 Å². The van der Waals surface area contributed by atoms with Crippen LogP contribution in [0.4, 0.5) is 0 Å². The molecule has 1 aromatic carbocycles. The molecule has 1 saturated carbocycles. The summed E-state index contributed by atoms with van der Waals surface area (Å²) in [4.78, 5) is 19.3. The molecule has 3 rings (SSSR count). The van der Waals surface area contributed by atoms with Crippen LogP contribution in [0.5, 0.6) is 5.88 Å². The van der Waals surface area contributed by atoms with Gasteiger partial charge in [0.25, 0.3) is 5.56 Å². The molecule has 1 aliphatic carbocycles. The van der Waals surface area contributed by atoms with Crippen molar-refractivity contribution >= 4 is 0 Å². The minimum atomic E-state index is -0.554. The molecule has 0 radical (unpaired) electrons. The van der Waals surface area contributed by atoms with E-state index < -0.39 is 5.60 Å². The molecular formula is C16H18N2O3. The molecule has 0 saturated heterocycles. The lowest BCUT2D eigenvalue weighted by molar-refractivity contribution is -0.0850. The van der Waals surface area contributed by atoms with Crippen molar-refractivity contribution < 1.29 is 9.84 Å². The van der Waals surface area contributed by atoms with Gasteiger partial charge in [0.2, 0.25) is 5.88 Å². The Hall–Kier alpha value is -2.14. The van der Waals surface area contributed by atoms with Crippen LogP contribution in [0, 0.1) is 6.92 Å². The number of ether oxygens (including phenoxy) is 1. The van der Waals surface area contributed by atoms with Crippen LogP contribution < -0.4 is 5.56 Å². The summed E-state index contributed by atoms with van der Waals surface area (Å²) in [5.41, 5.74) is 0.983. The van der Waals surface area contributed by atoms with Gasteiger partial charge in [-0.05, 0) is 31.7 Å². The maximum atomic E-state index is 12.4. The van der Waals surface area contributed by atoms with Crippen LogP contribution in [-0.2, 0) is 10.3 Å². The molecule has 1 heterocycles. The number of H-pyrrole nitrogens is 1. The van der Waals surface area contributed by atoms with Crippen LogP contribution in [0.25, 0.3) is 11.1 Å². The van der Waals surface area contributed by atoms with Gasteiger partial charge in [-0.1, -0.05) is 29.8 Å². The molecule has 2 aromatic rings. The number of nitrogens with one attached hydrogen (secondary N) is 1. The average Bonchev–Trinajstić information content (AvgIpc) is 2.37. The molecule has 1 fully saturated rings. The Balaban J connectivity index is 2.11. The number of methoxy groups -OCH3 is 1. The maximum absolute atomic E-state index is 12.4. The van der Waals surface area contributed by atoms with Crippen LogP contribution >= 0.6 is 0 Å². The number of aromatic amines is 1. The first-order chi connectivity index (χ1) is 10.1. The minimum absolute atomic E-state index is 0.202. The molecule has 0 unspecified atom stereocenters. The Bertz CT molecular complexity index is 727. The fourth-order valence-corrected chi connectivity index (χ4v) is 2.77. The summed E-state index contributed by atoms with van der Waals surface area (Å²) in [6.07, 6.45) is 2.63. The van der Waals surface area contributed by atoms with E-state index in [1.165, 1.54) is 0 Å². The number of nitrogens with zero attached hydrogens (tertiary/aromatic N) is 1. The van der Waals surface area contributed by atoms with E-state index in [0.29, 0.717) is 11.4 Å². The van der Waals surface area contributed by atoms with E-state index in [9.17, 15) is 9.90 Å². The van der Waals surface area contributed by atoms with E-state index in [-0.39, 0.29) is 17.0 Å². The molecule has 21 heavy (non-hydrogen) atoms. The Kier molecular flexibility index (Phi) is 3.29. The van der Waals surface area contributed by atoms with Crippen LogP contribution in [-0.4, -0.2) is 22.2 Å². The first-order valence-corrected chi connectivity index (χ1v) is 7.02. The monoisotopic (exact) mass is 286 g/mol. The molecular weight excluding hydrogens is 268 g/mol. The summed E-state index contributed by atoms with van der Waals surface area (Å²) in [6.45, 7) is 1.94. The summed E-state index contributed by atoms with van der Waals surface area (Å²) in [5.74, 6) is 0.165. The number of hydrogen-bond donors (Lipinski definition) is 2. The molecule has 0 spiro atoms. The van der Waals surface area contributed by atoms with Crippen molar-refractivity contribution in [2.75, 3.05) is 7.11 Å². The van der Waals surface area contributed by atoms with Crippen LogP contribution in [0.3, 0.4) is 0 Å². The van der Waals surface area contributed by atoms with Gasteiger partial charge in [-0.2, -0.15) is 4.98 Å². The molecule has 1 aliphatic rings. The molecule has 0 bridgehead atoms. The van der Waals surface area contributed by atoms with E-state index in [4.69, 9.17) is 4.74 Å². The van der Waals surface area contributed by atoms with Crippen LogP contribution in [0.15, 0.2) is 29.1 Å². The third-order valence-electron chi connectivity index (χ3n) is 4.19. The van der Waals surface area contributed by atoms with Crippen LogP contribution in [0.1, 0.15) is 30.7 Å². The summed E-state index contributed by atoms with van der Waals surface area (Å²) in [6, 6.07) is 7.42. The first-order valence-electron chi connectivity index (χ1n) is 7.02. The standard InChI is InChI=1S/C16H18N2O3/c1-10-5-3-6-11(9-10)12-13(19)17-15(18-14(12)20)16(21-2)7-4-8-16/h3,5-6,9H,4,7-8H2,1-2H3,(H2,17,18,19,20). The molecule has 0 atom stereocenters. The summed E-state index contributed by atoms with van der Waals surface area (Å²) < 4.78 is 5.49. The third-order valence-corrected chi connectivity index (χ3v) is 4.19. The SMILES string of the molecule is COC1(c2nc(O)c(-c3cccc(C)c3)c(=O)[nH]2)CCC1. The van der Waals surface area contributed by atoms with Gasteiger partial charge >= 0.3 is 0 Å². The highest BCUT2D eigenvalue weighted by atomic mass is 16.5. The van der Waals surface area contributed by atoms with Crippen molar-refractivity contribution in [1.29, 1.82) is 0 Å². The fraction of sp³-hybridized carbons (Fsp3) is 0.375. The molecule has 5 nitrogen and oxygen atoms in total. The van der Waals surface area contributed by atoms with E-state index >= 15 is 0 Å². The molecule has 0 aliphatic heterocycles. The van der Waals surface area contributed by atoms with Crippen molar-refractivity contribution in [3.05, 3.63) is 46.0 Å². The zero-order valence-corrected chi connectivity index (χ0v) is 12.1. The molecule has 0 amide bonds. The van der Waals surface area contributed by atoms with Crippen molar-refractivity contribution in [1.82, 2.24) is 9.97 Å². The summed E-state index contributed by atoms with van der Waals surface area (Å²) >= 11 is 0. The predicted molar refractivity (Wildman–Crippen MR) is 79.2 cm³/mol. The average molecular weight is 286 g/mol. The van der Waals surface area contributed by atoms with Gasteiger partial charge in [-0.25, -0.2) is 0 Å². The molecule has 2 N–H and O–H groups in total. The van der Waals surface area contributed by atoms with Crippen LogP contribution in [0.2, 0.25) is 0 Å². The number of hydrogen-bond acceptors (Lipinski definition) is 4. The van der Waals surface area contributed by atoms with Crippen molar-refractivity contribution in [3.63, 3.8) is 0 Å². The lowest BCUT2D eigenvalue weighted by Gasteiger charge is -2.39. The number of aromatic hydroxyl groups is 1. The van der Waals surface area contributed by atoms with Gasteiger partial charge < -0.3 is 14.8 Å². The van der Waals surface area contributed by atoms with Crippen molar-refractivity contribution in [3.8, 4) is 17.0 Å². The highest BCUT2D eigenvalue weighted by molar-refractivity contribution is 5.67. The van der Waals surface area contributed by atoms with Gasteiger partial charge in [0, 0.05) is 7.11 Å². The quantitative estimate of drug-likeness (QED) is 0.909. The Labute approximate surface area is 122 Å². The summed E-state index contributed by atoms with van der Waals surface area (Å²) in [7, 11) is 1.60. The van der Waals surface area contributed by atoms with Gasteiger partial charge in [-0.3, -0.25) is 4.79 Å². The summed E-state index contributed by atoms with van der Waals surface area (Å²) in [5, 5.41) is 10.2. The molecule has 5 heteroatoms. The fourth-order valence-electron chi connectivity index (χ4n) is 2.77. The largest absolute Gasteiger partial charge is 0.493 e. The zero-order chi connectivity index (χ0) is 15.0. The second-order valence-electron chi connectivity index (χ2n) is 5.53. The van der Waals surface area contributed by atoms with Gasteiger partial charge in [-0.15, -0.1) is 0 Å². The number of benzene rings is 1. The number of aromatic nitrogens is 2. The number of rotatable bonds is 3.